The Labute approximate surface area is 286 Å². The molecule has 1 saturated heterocycles. The normalized spacial score (nSPS) is 21.4. The molecule has 3 N–H and O–H groups in total. The molecule has 10 heteroatoms. The monoisotopic (exact) mass is 673 g/mol. The fourth-order valence-electron chi connectivity index (χ4n) is 7.33. The molecule has 0 bridgehead atoms. The number of benzene rings is 3. The van der Waals surface area contributed by atoms with E-state index in [0.29, 0.717) is 18.8 Å². The van der Waals surface area contributed by atoms with Crippen molar-refractivity contribution in [3.05, 3.63) is 83.9 Å². The molecule has 0 spiro atoms. The zero-order valence-electron chi connectivity index (χ0n) is 28.9. The molecule has 2 aliphatic rings. The summed E-state index contributed by atoms with van der Waals surface area (Å²) in [5, 5.41) is 17.6. The van der Waals surface area contributed by atoms with Crippen molar-refractivity contribution < 1.29 is 28.9 Å². The first kappa shape index (κ1) is 35.6. The quantitative estimate of drug-likeness (QED) is 0.216. The van der Waals surface area contributed by atoms with Crippen LogP contribution in [0.1, 0.15) is 43.4 Å². The number of aliphatic hydroxyl groups excluding tert-OH is 1. The summed E-state index contributed by atoms with van der Waals surface area (Å²) in [6.07, 6.45) is 1.51. The van der Waals surface area contributed by atoms with E-state index in [4.69, 9.17) is 14.2 Å². The van der Waals surface area contributed by atoms with E-state index in [2.05, 4.69) is 42.8 Å². The van der Waals surface area contributed by atoms with Gasteiger partial charge in [0.1, 0.15) is 17.6 Å². The number of aliphatic hydroxyl groups is 1. The van der Waals surface area contributed by atoms with E-state index in [9.17, 15) is 14.7 Å². The van der Waals surface area contributed by atoms with Crippen LogP contribution in [0.15, 0.2) is 72.8 Å². The largest absolute Gasteiger partial charge is 0.497 e. The van der Waals surface area contributed by atoms with Gasteiger partial charge in [-0.05, 0) is 55.3 Å². The maximum Gasteiger partial charge on any atom is 0.228 e. The Morgan fingerprint density at radius 3 is 2.48 bits per heavy atom. The Bertz CT molecular complexity index is 1510. The Kier molecular flexibility index (Phi) is 12.0. The molecular formula is C38H51N3O6Si. The van der Waals surface area contributed by atoms with E-state index in [1.54, 1.807) is 19.1 Å². The van der Waals surface area contributed by atoms with Crippen molar-refractivity contribution >= 4 is 30.8 Å². The molecule has 0 aromatic heterocycles. The number of methoxy groups -OCH3 is 2. The van der Waals surface area contributed by atoms with Crippen molar-refractivity contribution in [2.24, 2.45) is 11.8 Å². The standard InChI is InChI=1S/C38H51N3O6Si/c1-26-36(46-3)32-22-29(40-38(44)28-12-9-19-39-24-28)13-18-33(32)47-37(26)34(48(4,5)31-16-14-30(45-2)15-17-31)23-35(43)41(20-21-42)25-27-10-7-6-8-11-27/h6-8,10-11,13-18,22,26,28,34,36-37,39,42H,9,12,19-21,23-25H2,1-5H3,(H,40,44)/t26-,28?,34?,36-,37-/m0/s1. The van der Waals surface area contributed by atoms with Gasteiger partial charge in [0.15, 0.2) is 0 Å². The number of nitrogens with one attached hydrogen (secondary N) is 2. The first-order chi connectivity index (χ1) is 23.2. The summed E-state index contributed by atoms with van der Waals surface area (Å²) in [7, 11) is 0.946. The summed E-state index contributed by atoms with van der Waals surface area (Å²) >= 11 is 0. The van der Waals surface area contributed by atoms with Crippen molar-refractivity contribution in [3.8, 4) is 11.5 Å². The van der Waals surface area contributed by atoms with Gasteiger partial charge < -0.3 is 34.9 Å². The van der Waals surface area contributed by atoms with Gasteiger partial charge in [-0.15, -0.1) is 0 Å². The summed E-state index contributed by atoms with van der Waals surface area (Å²) in [5.41, 5.74) is 2.50. The lowest BCUT2D eigenvalue weighted by Crippen LogP contribution is -2.55. The van der Waals surface area contributed by atoms with Crippen molar-refractivity contribution in [2.45, 2.75) is 63.6 Å². The van der Waals surface area contributed by atoms with Gasteiger partial charge in [0, 0.05) is 55.9 Å². The third-order valence-electron chi connectivity index (χ3n) is 10.3. The number of carbonyl (C=O) groups is 2. The van der Waals surface area contributed by atoms with Gasteiger partial charge in [0.2, 0.25) is 11.8 Å². The number of hydrogen-bond acceptors (Lipinski definition) is 7. The van der Waals surface area contributed by atoms with Gasteiger partial charge in [-0.1, -0.05) is 67.7 Å². The van der Waals surface area contributed by atoms with E-state index >= 15 is 0 Å². The Hall–Kier alpha value is -3.70. The van der Waals surface area contributed by atoms with Gasteiger partial charge in [-0.3, -0.25) is 9.59 Å². The van der Waals surface area contributed by atoms with Crippen molar-refractivity contribution in [1.82, 2.24) is 10.2 Å². The minimum atomic E-state index is -2.42. The van der Waals surface area contributed by atoms with Crippen molar-refractivity contribution in [1.29, 1.82) is 0 Å². The molecule has 0 saturated carbocycles. The van der Waals surface area contributed by atoms with Crippen LogP contribution in [0, 0.1) is 11.8 Å². The first-order valence-corrected chi connectivity index (χ1v) is 20.2. The van der Waals surface area contributed by atoms with Crippen LogP contribution in [-0.4, -0.2) is 76.5 Å². The minimum Gasteiger partial charge on any atom is -0.497 e. The number of hydrogen-bond donors (Lipinski definition) is 3. The molecule has 48 heavy (non-hydrogen) atoms. The summed E-state index contributed by atoms with van der Waals surface area (Å²) < 4.78 is 18.5. The smallest absolute Gasteiger partial charge is 0.228 e. The lowest BCUT2D eigenvalue weighted by Gasteiger charge is -2.46. The highest BCUT2D eigenvalue weighted by Crippen LogP contribution is 2.48. The molecule has 1 fully saturated rings. The molecule has 258 valence electrons. The highest BCUT2D eigenvalue weighted by molar-refractivity contribution is 6.91. The topological polar surface area (TPSA) is 109 Å². The first-order valence-electron chi connectivity index (χ1n) is 17.1. The fourth-order valence-corrected chi connectivity index (χ4v) is 10.7. The zero-order valence-corrected chi connectivity index (χ0v) is 29.9. The molecule has 2 unspecified atom stereocenters. The third kappa shape index (κ3) is 8.11. The van der Waals surface area contributed by atoms with Crippen LogP contribution in [0.4, 0.5) is 5.69 Å². The molecule has 0 radical (unpaired) electrons. The van der Waals surface area contributed by atoms with E-state index in [-0.39, 0.29) is 61.0 Å². The number of fused-ring (bicyclic) bond motifs is 1. The molecule has 2 amide bonds. The second-order valence-electron chi connectivity index (χ2n) is 13.7. The number of amides is 2. The van der Waals surface area contributed by atoms with Crippen LogP contribution in [0.25, 0.3) is 0 Å². The number of nitrogens with zero attached hydrogens (tertiary/aromatic N) is 1. The average Bonchev–Trinajstić information content (AvgIpc) is 3.11. The number of carbonyl (C=O) groups excluding carboxylic acids is 2. The van der Waals surface area contributed by atoms with Crippen LogP contribution >= 0.6 is 0 Å². The maximum absolute atomic E-state index is 14.2. The minimum absolute atomic E-state index is 0.0159. The third-order valence-corrected chi connectivity index (χ3v) is 14.5. The van der Waals surface area contributed by atoms with Gasteiger partial charge in [-0.25, -0.2) is 0 Å². The molecule has 5 rings (SSSR count). The van der Waals surface area contributed by atoms with Crippen LogP contribution in [0.5, 0.6) is 11.5 Å². The summed E-state index contributed by atoms with van der Waals surface area (Å²) in [6, 6.07) is 23.9. The van der Waals surface area contributed by atoms with E-state index in [1.165, 1.54) is 5.19 Å². The molecule has 2 aliphatic heterocycles. The number of rotatable bonds is 13. The second-order valence-corrected chi connectivity index (χ2v) is 18.4. The highest BCUT2D eigenvalue weighted by Gasteiger charge is 2.48. The summed E-state index contributed by atoms with van der Waals surface area (Å²) in [5.74, 6) is 1.34. The van der Waals surface area contributed by atoms with Crippen LogP contribution in [0.2, 0.25) is 18.6 Å². The van der Waals surface area contributed by atoms with Crippen LogP contribution < -0.4 is 25.3 Å². The molecule has 5 atom stereocenters. The van der Waals surface area contributed by atoms with Gasteiger partial charge in [0.05, 0.1) is 33.8 Å². The molecular weight excluding hydrogens is 623 g/mol. The SMILES string of the molecule is COc1ccc([Si](C)(C)C(CC(=O)N(CCO)Cc2ccccc2)[C@H]2Oc3ccc(NC(=O)C4CCCNC4)cc3[C@@H](OC)[C@@H]2C)cc1. The number of piperidine rings is 1. The van der Waals surface area contributed by atoms with E-state index < -0.39 is 8.07 Å². The number of anilines is 1. The number of ether oxygens (including phenoxy) is 3. The lowest BCUT2D eigenvalue weighted by molar-refractivity contribution is -0.133. The lowest BCUT2D eigenvalue weighted by atomic mass is 9.86. The Morgan fingerprint density at radius 1 is 1.08 bits per heavy atom. The molecule has 9 nitrogen and oxygen atoms in total. The predicted molar refractivity (Wildman–Crippen MR) is 191 cm³/mol. The van der Waals surface area contributed by atoms with Crippen molar-refractivity contribution in [3.63, 3.8) is 0 Å². The summed E-state index contributed by atoms with van der Waals surface area (Å²) in [4.78, 5) is 29.0. The van der Waals surface area contributed by atoms with E-state index in [1.807, 2.05) is 60.7 Å². The van der Waals surface area contributed by atoms with Gasteiger partial charge in [-0.2, -0.15) is 0 Å². The van der Waals surface area contributed by atoms with Crippen molar-refractivity contribution in [2.75, 3.05) is 45.8 Å². The van der Waals surface area contributed by atoms with Gasteiger partial charge in [0.25, 0.3) is 0 Å². The highest BCUT2D eigenvalue weighted by atomic mass is 28.3. The second kappa shape index (κ2) is 16.1. The van der Waals surface area contributed by atoms with Crippen LogP contribution in [0.3, 0.4) is 0 Å². The Morgan fingerprint density at radius 2 is 1.83 bits per heavy atom. The van der Waals surface area contributed by atoms with Crippen LogP contribution in [-0.2, 0) is 20.9 Å². The fraction of sp³-hybridized carbons (Fsp3) is 0.474. The molecule has 2 heterocycles. The predicted octanol–water partition coefficient (Wildman–Crippen LogP) is 5.11. The summed E-state index contributed by atoms with van der Waals surface area (Å²) in [6.45, 7) is 8.92. The van der Waals surface area contributed by atoms with Gasteiger partial charge >= 0.3 is 0 Å². The maximum atomic E-state index is 14.2. The molecule has 0 aliphatic carbocycles. The Balaban J connectivity index is 1.46. The molecule has 3 aromatic rings. The van der Waals surface area contributed by atoms with E-state index in [0.717, 1.165) is 42.0 Å². The zero-order chi connectivity index (χ0) is 34.3. The average molecular weight is 674 g/mol. The molecule has 3 aromatic carbocycles.